The first-order valence-electron chi connectivity index (χ1n) is 12.9. The Kier molecular flexibility index (Phi) is 18.0. The van der Waals surface area contributed by atoms with Crippen LogP contribution in [0.4, 0.5) is 0 Å². The highest BCUT2D eigenvalue weighted by molar-refractivity contribution is 5.71. The fourth-order valence-electron chi connectivity index (χ4n) is 4.88. The van der Waals surface area contributed by atoms with Crippen LogP contribution in [0, 0.1) is 11.3 Å². The first-order chi connectivity index (χ1) is 14.4. The fourth-order valence-corrected chi connectivity index (χ4v) is 4.88. The summed E-state index contributed by atoms with van der Waals surface area (Å²) >= 11 is 0. The van der Waals surface area contributed by atoms with Crippen molar-refractivity contribution in [3.05, 3.63) is 0 Å². The Bertz CT molecular complexity index is 425. The third-order valence-corrected chi connectivity index (χ3v) is 6.76. The fraction of sp³-hybridized carbons (Fsp3) is 0.923. The van der Waals surface area contributed by atoms with E-state index in [1.165, 1.54) is 25.7 Å². The molecule has 0 saturated carbocycles. The van der Waals surface area contributed by atoms with Crippen LogP contribution in [0.25, 0.3) is 0 Å². The van der Waals surface area contributed by atoms with Crippen molar-refractivity contribution in [1.82, 2.24) is 0 Å². The SMILES string of the molecule is CCCCCCCC(CCCC)(CCCC)C(CCCCCCCC(=O)O)C(=O)O. The highest BCUT2D eigenvalue weighted by Crippen LogP contribution is 2.46. The molecule has 0 saturated heterocycles. The van der Waals surface area contributed by atoms with Gasteiger partial charge in [0.2, 0.25) is 0 Å². The first-order valence-corrected chi connectivity index (χ1v) is 12.9. The lowest BCUT2D eigenvalue weighted by atomic mass is 9.64. The summed E-state index contributed by atoms with van der Waals surface area (Å²) in [6.45, 7) is 6.65. The van der Waals surface area contributed by atoms with Crippen LogP contribution in [0.15, 0.2) is 0 Å². The lowest BCUT2D eigenvalue weighted by Gasteiger charge is -2.40. The van der Waals surface area contributed by atoms with E-state index in [1.807, 2.05) is 0 Å². The van der Waals surface area contributed by atoms with Crippen molar-refractivity contribution in [2.45, 2.75) is 143 Å². The van der Waals surface area contributed by atoms with E-state index < -0.39 is 11.9 Å². The van der Waals surface area contributed by atoms with Gasteiger partial charge in [0.05, 0.1) is 5.92 Å². The average Bonchev–Trinajstić information content (AvgIpc) is 2.71. The summed E-state index contributed by atoms with van der Waals surface area (Å²) in [7, 11) is 0. The predicted molar refractivity (Wildman–Crippen MR) is 126 cm³/mol. The van der Waals surface area contributed by atoms with Gasteiger partial charge in [-0.2, -0.15) is 0 Å². The molecule has 0 radical (unpaired) electrons. The molecular formula is C26H50O4. The monoisotopic (exact) mass is 426 g/mol. The second-order valence-electron chi connectivity index (χ2n) is 9.32. The summed E-state index contributed by atoms with van der Waals surface area (Å²) in [4.78, 5) is 23.0. The number of carboxylic acid groups (broad SMARTS) is 2. The van der Waals surface area contributed by atoms with Crippen LogP contribution < -0.4 is 0 Å². The van der Waals surface area contributed by atoms with Crippen LogP contribution in [0.1, 0.15) is 143 Å². The second-order valence-corrected chi connectivity index (χ2v) is 9.32. The van der Waals surface area contributed by atoms with Crippen LogP contribution in [-0.2, 0) is 9.59 Å². The van der Waals surface area contributed by atoms with Gasteiger partial charge in [-0.05, 0) is 37.5 Å². The molecule has 0 spiro atoms. The van der Waals surface area contributed by atoms with Crippen LogP contribution >= 0.6 is 0 Å². The van der Waals surface area contributed by atoms with Crippen molar-refractivity contribution in [3.63, 3.8) is 0 Å². The maximum Gasteiger partial charge on any atom is 0.307 e. The molecule has 0 fully saturated rings. The van der Waals surface area contributed by atoms with E-state index in [1.54, 1.807) is 0 Å². The number of hydrogen-bond acceptors (Lipinski definition) is 2. The number of aliphatic carboxylic acids is 2. The molecule has 0 rings (SSSR count). The molecule has 30 heavy (non-hydrogen) atoms. The summed E-state index contributed by atoms with van der Waals surface area (Å²) in [6, 6.07) is 0. The van der Waals surface area contributed by atoms with Gasteiger partial charge in [0.15, 0.2) is 0 Å². The Morgan fingerprint density at radius 1 is 0.633 bits per heavy atom. The number of rotatable bonds is 22. The van der Waals surface area contributed by atoms with Crippen LogP contribution in [0.5, 0.6) is 0 Å². The second kappa shape index (κ2) is 18.7. The third kappa shape index (κ3) is 13.3. The minimum atomic E-state index is -0.725. The highest BCUT2D eigenvalue weighted by atomic mass is 16.4. The van der Waals surface area contributed by atoms with Crippen LogP contribution in [0.3, 0.4) is 0 Å². The molecule has 0 heterocycles. The summed E-state index contributed by atoms with van der Waals surface area (Å²) in [5.74, 6) is -1.56. The van der Waals surface area contributed by atoms with Gasteiger partial charge in [-0.25, -0.2) is 0 Å². The zero-order valence-corrected chi connectivity index (χ0v) is 20.2. The van der Waals surface area contributed by atoms with E-state index in [-0.39, 0.29) is 17.8 Å². The van der Waals surface area contributed by atoms with Gasteiger partial charge in [0.1, 0.15) is 0 Å². The summed E-state index contributed by atoms with van der Waals surface area (Å²) in [5.41, 5.74) is -0.0482. The molecule has 0 aromatic carbocycles. The number of carboxylic acids is 2. The quantitative estimate of drug-likeness (QED) is 0.171. The topological polar surface area (TPSA) is 74.6 Å². The maximum atomic E-state index is 12.4. The van der Waals surface area contributed by atoms with Crippen molar-refractivity contribution in [1.29, 1.82) is 0 Å². The summed E-state index contributed by atoms with van der Waals surface area (Å²) < 4.78 is 0. The Labute approximate surface area is 186 Å². The van der Waals surface area contributed by atoms with Gasteiger partial charge in [0.25, 0.3) is 0 Å². The summed E-state index contributed by atoms with van der Waals surface area (Å²) in [6.07, 6.45) is 19.5. The Morgan fingerprint density at radius 3 is 1.63 bits per heavy atom. The number of carbonyl (C=O) groups is 2. The molecule has 4 nitrogen and oxygen atoms in total. The van der Waals surface area contributed by atoms with Crippen molar-refractivity contribution >= 4 is 11.9 Å². The average molecular weight is 427 g/mol. The van der Waals surface area contributed by atoms with E-state index in [2.05, 4.69) is 20.8 Å². The standard InChI is InChI=1S/C26H50O4/c1-4-7-10-14-17-22-26(20-8-5-2,21-9-6-3)23(25(29)30)18-15-12-11-13-16-19-24(27)28/h23H,4-22H2,1-3H3,(H,27,28)(H,29,30). The molecule has 0 aromatic heterocycles. The largest absolute Gasteiger partial charge is 0.481 e. The molecule has 1 atom stereocenters. The first kappa shape index (κ1) is 28.9. The molecule has 0 aromatic rings. The molecule has 2 N–H and O–H groups in total. The summed E-state index contributed by atoms with van der Waals surface area (Å²) in [5, 5.41) is 18.9. The van der Waals surface area contributed by atoms with Gasteiger partial charge in [-0.3, -0.25) is 9.59 Å². The Hall–Kier alpha value is -1.06. The normalized spacial score (nSPS) is 12.8. The molecule has 0 aliphatic rings. The molecular weight excluding hydrogens is 376 g/mol. The molecule has 0 aliphatic heterocycles. The lowest BCUT2D eigenvalue weighted by Crippen LogP contribution is -2.36. The molecule has 0 bridgehead atoms. The van der Waals surface area contributed by atoms with Gasteiger partial charge in [-0.1, -0.05) is 104 Å². The van der Waals surface area contributed by atoms with Gasteiger partial charge in [-0.15, -0.1) is 0 Å². The maximum absolute atomic E-state index is 12.4. The van der Waals surface area contributed by atoms with Crippen LogP contribution in [0.2, 0.25) is 0 Å². The Balaban J connectivity index is 4.97. The minimum Gasteiger partial charge on any atom is -0.481 e. The molecule has 1 unspecified atom stereocenters. The number of unbranched alkanes of at least 4 members (excludes halogenated alkanes) is 10. The van der Waals surface area contributed by atoms with Gasteiger partial charge in [0, 0.05) is 6.42 Å². The highest BCUT2D eigenvalue weighted by Gasteiger charge is 2.41. The van der Waals surface area contributed by atoms with Crippen LogP contribution in [-0.4, -0.2) is 22.2 Å². The smallest absolute Gasteiger partial charge is 0.307 e. The number of hydrogen-bond donors (Lipinski definition) is 2. The van der Waals surface area contributed by atoms with E-state index in [9.17, 15) is 14.7 Å². The van der Waals surface area contributed by atoms with E-state index in [4.69, 9.17) is 5.11 Å². The lowest BCUT2D eigenvalue weighted by molar-refractivity contribution is -0.148. The van der Waals surface area contributed by atoms with E-state index >= 15 is 0 Å². The third-order valence-electron chi connectivity index (χ3n) is 6.76. The predicted octanol–water partition coefficient (Wildman–Crippen LogP) is 8.23. The molecule has 0 aliphatic carbocycles. The van der Waals surface area contributed by atoms with Crippen molar-refractivity contribution in [3.8, 4) is 0 Å². The van der Waals surface area contributed by atoms with E-state index in [0.717, 1.165) is 89.9 Å². The minimum absolute atomic E-state index is 0.0482. The van der Waals surface area contributed by atoms with E-state index in [0.29, 0.717) is 0 Å². The molecule has 0 amide bonds. The van der Waals surface area contributed by atoms with Gasteiger partial charge >= 0.3 is 11.9 Å². The molecule has 178 valence electrons. The Morgan fingerprint density at radius 2 is 1.10 bits per heavy atom. The molecule has 4 heteroatoms. The zero-order valence-electron chi connectivity index (χ0n) is 20.2. The van der Waals surface area contributed by atoms with Crippen molar-refractivity contribution in [2.24, 2.45) is 11.3 Å². The zero-order chi connectivity index (χ0) is 22.7. The van der Waals surface area contributed by atoms with Crippen molar-refractivity contribution < 1.29 is 19.8 Å². The van der Waals surface area contributed by atoms with Crippen molar-refractivity contribution in [2.75, 3.05) is 0 Å². The van der Waals surface area contributed by atoms with Gasteiger partial charge < -0.3 is 10.2 Å².